The number of rotatable bonds is 5. The largest absolute Gasteiger partial charge is 0.489 e. The predicted molar refractivity (Wildman–Crippen MR) is 118 cm³/mol. The van der Waals surface area contributed by atoms with Crippen molar-refractivity contribution < 1.29 is 18.4 Å². The van der Waals surface area contributed by atoms with Crippen LogP contribution in [0.3, 0.4) is 0 Å². The lowest BCUT2D eigenvalue weighted by molar-refractivity contribution is -0.131. The molecule has 2 aromatic heterocycles. The number of nitrogens with one attached hydrogen (secondary N) is 1. The molecule has 7 heteroatoms. The Balaban J connectivity index is 1.23. The Morgan fingerprint density at radius 2 is 2.03 bits per heavy atom. The highest BCUT2D eigenvalue weighted by Gasteiger charge is 2.24. The van der Waals surface area contributed by atoms with Crippen LogP contribution < -0.4 is 4.74 Å². The van der Waals surface area contributed by atoms with Gasteiger partial charge in [-0.2, -0.15) is 0 Å². The van der Waals surface area contributed by atoms with Crippen molar-refractivity contribution in [3.63, 3.8) is 0 Å². The zero-order valence-electron chi connectivity index (χ0n) is 18.1. The van der Waals surface area contributed by atoms with Gasteiger partial charge in [-0.3, -0.25) is 4.79 Å². The van der Waals surface area contributed by atoms with Gasteiger partial charge in [-0.05, 0) is 49.7 Å². The summed E-state index contributed by atoms with van der Waals surface area (Å²) in [5, 5.41) is 4.79. The molecule has 6 nitrogen and oxygen atoms in total. The second-order valence-corrected chi connectivity index (χ2v) is 8.25. The molecule has 0 bridgehead atoms. The van der Waals surface area contributed by atoms with Gasteiger partial charge in [0.1, 0.15) is 23.9 Å². The van der Waals surface area contributed by atoms with Crippen molar-refractivity contribution in [3.05, 3.63) is 82.1 Å². The van der Waals surface area contributed by atoms with Gasteiger partial charge >= 0.3 is 0 Å². The SMILES string of the molecule is Cc1noc(C)c1COc1ccc(CC(=O)N2CCc3[nH]c4ccc(F)cc4c3C2)cc1. The van der Waals surface area contributed by atoms with E-state index in [1.807, 2.05) is 43.0 Å². The summed E-state index contributed by atoms with van der Waals surface area (Å²) in [5.74, 6) is 1.28. The number of carbonyl (C=O) groups excluding carboxylic acids is 1. The predicted octanol–water partition coefficient (Wildman–Crippen LogP) is 4.62. The number of aromatic nitrogens is 2. The molecule has 1 aliphatic rings. The average Bonchev–Trinajstić information content (AvgIpc) is 3.31. The summed E-state index contributed by atoms with van der Waals surface area (Å²) in [6.45, 7) is 5.29. The number of amides is 1. The third-order valence-corrected chi connectivity index (χ3v) is 6.13. The number of carbonyl (C=O) groups is 1. The molecule has 0 aliphatic carbocycles. The highest BCUT2D eigenvalue weighted by molar-refractivity contribution is 5.86. The fourth-order valence-corrected chi connectivity index (χ4v) is 4.25. The smallest absolute Gasteiger partial charge is 0.227 e. The van der Waals surface area contributed by atoms with Crippen LogP contribution in [0.1, 0.15) is 33.8 Å². The van der Waals surface area contributed by atoms with Gasteiger partial charge in [-0.1, -0.05) is 17.3 Å². The van der Waals surface area contributed by atoms with Crippen LogP contribution in [0.2, 0.25) is 0 Å². The number of benzene rings is 2. The van der Waals surface area contributed by atoms with Gasteiger partial charge in [0, 0.05) is 41.7 Å². The lowest BCUT2D eigenvalue weighted by Crippen LogP contribution is -2.36. The summed E-state index contributed by atoms with van der Waals surface area (Å²) in [4.78, 5) is 18.1. The van der Waals surface area contributed by atoms with Crippen LogP contribution in [0.15, 0.2) is 47.0 Å². The van der Waals surface area contributed by atoms with Gasteiger partial charge in [-0.25, -0.2) is 4.39 Å². The van der Waals surface area contributed by atoms with Crippen LogP contribution in [0.5, 0.6) is 5.75 Å². The number of ether oxygens (including phenoxy) is 1. The van der Waals surface area contributed by atoms with E-state index in [-0.39, 0.29) is 11.7 Å². The van der Waals surface area contributed by atoms with E-state index < -0.39 is 0 Å². The van der Waals surface area contributed by atoms with E-state index in [1.165, 1.54) is 6.07 Å². The number of halogens is 1. The first kappa shape index (κ1) is 20.3. The van der Waals surface area contributed by atoms with Crippen LogP contribution in [-0.4, -0.2) is 27.5 Å². The van der Waals surface area contributed by atoms with Gasteiger partial charge in [0.15, 0.2) is 0 Å². The number of H-pyrrole nitrogens is 1. The molecule has 4 aromatic rings. The molecule has 0 fully saturated rings. The molecule has 0 atom stereocenters. The molecule has 2 aromatic carbocycles. The fourth-order valence-electron chi connectivity index (χ4n) is 4.25. The molecule has 0 radical (unpaired) electrons. The zero-order chi connectivity index (χ0) is 22.2. The molecule has 164 valence electrons. The Morgan fingerprint density at radius 1 is 1.22 bits per heavy atom. The highest BCUT2D eigenvalue weighted by atomic mass is 19.1. The molecule has 1 amide bonds. The van der Waals surface area contributed by atoms with Crippen molar-refractivity contribution >= 4 is 16.8 Å². The maximum atomic E-state index is 13.7. The molecule has 32 heavy (non-hydrogen) atoms. The van der Waals surface area contributed by atoms with E-state index in [2.05, 4.69) is 10.1 Å². The second kappa shape index (κ2) is 8.15. The molecule has 0 unspecified atom stereocenters. The van der Waals surface area contributed by atoms with E-state index in [0.29, 0.717) is 26.1 Å². The summed E-state index contributed by atoms with van der Waals surface area (Å²) >= 11 is 0. The standard InChI is InChI=1S/C25H24FN3O3/c1-15-22(16(2)32-28-15)14-31-19-6-3-17(4-7-19)11-25(30)29-10-9-24-21(13-29)20-12-18(26)5-8-23(20)27-24/h3-8,12,27H,9-11,13-14H2,1-2H3. The number of aryl methyl sites for hydroxylation is 2. The van der Waals surface area contributed by atoms with Crippen molar-refractivity contribution in [3.8, 4) is 5.75 Å². The van der Waals surface area contributed by atoms with Crippen molar-refractivity contribution in [1.29, 1.82) is 0 Å². The maximum Gasteiger partial charge on any atom is 0.227 e. The molecule has 0 spiro atoms. The summed E-state index contributed by atoms with van der Waals surface area (Å²) in [6.07, 6.45) is 1.06. The van der Waals surface area contributed by atoms with Crippen molar-refractivity contribution in [1.82, 2.24) is 15.0 Å². The minimum absolute atomic E-state index is 0.0609. The van der Waals surface area contributed by atoms with Crippen molar-refractivity contribution in [2.24, 2.45) is 0 Å². The van der Waals surface area contributed by atoms with Gasteiger partial charge in [0.05, 0.1) is 17.7 Å². The normalized spacial score (nSPS) is 13.4. The summed E-state index contributed by atoms with van der Waals surface area (Å²) in [5.41, 5.74) is 5.73. The summed E-state index contributed by atoms with van der Waals surface area (Å²) in [7, 11) is 0. The van der Waals surface area contributed by atoms with Crippen LogP contribution in [0.4, 0.5) is 4.39 Å². The lowest BCUT2D eigenvalue weighted by atomic mass is 10.0. The molecule has 0 saturated heterocycles. The van der Waals surface area contributed by atoms with E-state index in [4.69, 9.17) is 9.26 Å². The number of fused-ring (bicyclic) bond motifs is 3. The molecular formula is C25H24FN3O3. The van der Waals surface area contributed by atoms with E-state index in [9.17, 15) is 9.18 Å². The van der Waals surface area contributed by atoms with Crippen molar-refractivity contribution in [2.75, 3.05) is 6.54 Å². The number of hydrogen-bond donors (Lipinski definition) is 1. The van der Waals surface area contributed by atoms with Crippen molar-refractivity contribution in [2.45, 2.75) is 39.8 Å². The minimum Gasteiger partial charge on any atom is -0.489 e. The Kier molecular flexibility index (Phi) is 5.17. The highest BCUT2D eigenvalue weighted by Crippen LogP contribution is 2.29. The van der Waals surface area contributed by atoms with E-state index >= 15 is 0 Å². The Bertz CT molecular complexity index is 1270. The topological polar surface area (TPSA) is 71.4 Å². The number of nitrogens with zero attached hydrogens (tertiary/aromatic N) is 2. The molecule has 3 heterocycles. The first-order valence-electron chi connectivity index (χ1n) is 10.7. The first-order chi connectivity index (χ1) is 15.5. The zero-order valence-corrected chi connectivity index (χ0v) is 18.1. The number of aromatic amines is 1. The van der Waals surface area contributed by atoms with Gasteiger partial charge in [-0.15, -0.1) is 0 Å². The third kappa shape index (κ3) is 3.86. The summed E-state index contributed by atoms with van der Waals surface area (Å²) < 4.78 is 24.7. The average molecular weight is 433 g/mol. The van der Waals surface area contributed by atoms with Crippen LogP contribution in [0.25, 0.3) is 10.9 Å². The molecule has 5 rings (SSSR count). The Morgan fingerprint density at radius 3 is 2.78 bits per heavy atom. The molecule has 1 aliphatic heterocycles. The molecule has 1 N–H and O–H groups in total. The quantitative estimate of drug-likeness (QED) is 0.499. The van der Waals surface area contributed by atoms with E-state index in [0.717, 1.165) is 56.9 Å². The Labute approximate surface area is 185 Å². The van der Waals surface area contributed by atoms with Gasteiger partial charge < -0.3 is 19.1 Å². The van der Waals surface area contributed by atoms with Crippen LogP contribution in [-0.2, 0) is 30.8 Å². The first-order valence-corrected chi connectivity index (χ1v) is 10.7. The Hall–Kier alpha value is -3.61. The number of hydrogen-bond acceptors (Lipinski definition) is 4. The molecule has 0 saturated carbocycles. The minimum atomic E-state index is -0.264. The van der Waals surface area contributed by atoms with E-state index in [1.54, 1.807) is 12.1 Å². The second-order valence-electron chi connectivity index (χ2n) is 8.25. The maximum absolute atomic E-state index is 13.7. The molecular weight excluding hydrogens is 409 g/mol. The monoisotopic (exact) mass is 433 g/mol. The van der Waals surface area contributed by atoms with Crippen LogP contribution >= 0.6 is 0 Å². The third-order valence-electron chi connectivity index (χ3n) is 6.13. The summed E-state index contributed by atoms with van der Waals surface area (Å²) in [6, 6.07) is 12.3. The lowest BCUT2D eigenvalue weighted by Gasteiger charge is -2.27. The fraction of sp³-hybridized carbons (Fsp3) is 0.280. The van der Waals surface area contributed by atoms with Gasteiger partial charge in [0.25, 0.3) is 0 Å². The van der Waals surface area contributed by atoms with Crippen LogP contribution in [0, 0.1) is 19.7 Å². The van der Waals surface area contributed by atoms with Gasteiger partial charge in [0.2, 0.25) is 5.91 Å².